The SMILES string of the molecule is C/C=C\c1ncc(-c2ccc(F)c(C)c2F)cc1C.C=CC.CC.CCC. The van der Waals surface area contributed by atoms with E-state index < -0.39 is 11.6 Å². The summed E-state index contributed by atoms with van der Waals surface area (Å²) < 4.78 is 27.3. The lowest BCUT2D eigenvalue weighted by atomic mass is 10.0. The van der Waals surface area contributed by atoms with Gasteiger partial charge in [-0.25, -0.2) is 8.78 Å². The smallest absolute Gasteiger partial charge is 0.136 e. The molecule has 1 aromatic carbocycles. The highest BCUT2D eigenvalue weighted by molar-refractivity contribution is 5.66. The van der Waals surface area contributed by atoms with Gasteiger partial charge in [0.2, 0.25) is 0 Å². The van der Waals surface area contributed by atoms with Crippen molar-refractivity contribution in [3.8, 4) is 11.1 Å². The van der Waals surface area contributed by atoms with Crippen molar-refractivity contribution in [2.75, 3.05) is 0 Å². The molecular weight excluding hydrogens is 340 g/mol. The molecule has 1 aromatic heterocycles. The summed E-state index contributed by atoms with van der Waals surface area (Å²) in [6, 6.07) is 4.59. The van der Waals surface area contributed by atoms with Gasteiger partial charge in [-0.1, -0.05) is 46.3 Å². The van der Waals surface area contributed by atoms with Crippen LogP contribution in [0.2, 0.25) is 0 Å². The van der Waals surface area contributed by atoms with Crippen LogP contribution in [0.5, 0.6) is 0 Å². The number of halogens is 2. The molecule has 3 heteroatoms. The zero-order valence-electron chi connectivity index (χ0n) is 18.2. The summed E-state index contributed by atoms with van der Waals surface area (Å²) in [4.78, 5) is 4.29. The van der Waals surface area contributed by atoms with Gasteiger partial charge in [-0.15, -0.1) is 6.58 Å². The zero-order valence-corrected chi connectivity index (χ0v) is 18.2. The van der Waals surface area contributed by atoms with Crippen LogP contribution in [0.25, 0.3) is 17.2 Å². The van der Waals surface area contributed by atoms with Gasteiger partial charge in [-0.3, -0.25) is 4.98 Å². The molecule has 0 atom stereocenters. The van der Waals surface area contributed by atoms with Crippen LogP contribution >= 0.6 is 0 Å². The molecule has 27 heavy (non-hydrogen) atoms. The van der Waals surface area contributed by atoms with Crippen molar-refractivity contribution in [1.82, 2.24) is 4.98 Å². The molecule has 0 aliphatic heterocycles. The molecular formula is C24H35F2N. The van der Waals surface area contributed by atoms with E-state index in [2.05, 4.69) is 25.4 Å². The highest BCUT2D eigenvalue weighted by Crippen LogP contribution is 2.27. The predicted molar refractivity (Wildman–Crippen MR) is 117 cm³/mol. The van der Waals surface area contributed by atoms with E-state index in [1.807, 2.05) is 52.8 Å². The molecule has 0 N–H and O–H groups in total. The van der Waals surface area contributed by atoms with Crippen LogP contribution in [0.3, 0.4) is 0 Å². The van der Waals surface area contributed by atoms with Crippen molar-refractivity contribution >= 4 is 6.08 Å². The minimum atomic E-state index is -0.531. The van der Waals surface area contributed by atoms with Crippen molar-refractivity contribution in [2.45, 2.75) is 61.8 Å². The van der Waals surface area contributed by atoms with Crippen LogP contribution in [0.1, 0.15) is 64.8 Å². The van der Waals surface area contributed by atoms with Crippen LogP contribution < -0.4 is 0 Å². The molecule has 0 fully saturated rings. The van der Waals surface area contributed by atoms with Gasteiger partial charge in [0, 0.05) is 22.9 Å². The van der Waals surface area contributed by atoms with Gasteiger partial charge in [0.05, 0.1) is 5.69 Å². The molecule has 2 aromatic rings. The van der Waals surface area contributed by atoms with Gasteiger partial charge >= 0.3 is 0 Å². The number of rotatable bonds is 2. The molecule has 150 valence electrons. The summed E-state index contributed by atoms with van der Waals surface area (Å²) in [5.41, 5.74) is 2.88. The number of pyridine rings is 1. The van der Waals surface area contributed by atoms with Gasteiger partial charge in [-0.2, -0.15) is 0 Å². The quantitative estimate of drug-likeness (QED) is 0.481. The van der Waals surface area contributed by atoms with Crippen LogP contribution in [-0.2, 0) is 0 Å². The number of aryl methyl sites for hydroxylation is 1. The second-order valence-corrected chi connectivity index (χ2v) is 5.58. The van der Waals surface area contributed by atoms with Gasteiger partial charge in [0.25, 0.3) is 0 Å². The Hall–Kier alpha value is -2.29. The third-order valence-corrected chi connectivity index (χ3v) is 3.07. The molecule has 0 saturated heterocycles. The molecule has 1 heterocycles. The topological polar surface area (TPSA) is 12.9 Å². The molecule has 0 amide bonds. The molecule has 2 rings (SSSR count). The van der Waals surface area contributed by atoms with Crippen molar-refractivity contribution < 1.29 is 8.78 Å². The Morgan fingerprint density at radius 2 is 1.59 bits per heavy atom. The monoisotopic (exact) mass is 375 g/mol. The summed E-state index contributed by atoms with van der Waals surface area (Å²) in [7, 11) is 0. The minimum Gasteiger partial charge on any atom is -0.256 e. The van der Waals surface area contributed by atoms with E-state index >= 15 is 0 Å². The Kier molecular flexibility index (Phi) is 15.9. The van der Waals surface area contributed by atoms with Crippen LogP contribution in [0.15, 0.2) is 43.1 Å². The van der Waals surface area contributed by atoms with Crippen molar-refractivity contribution in [3.63, 3.8) is 0 Å². The highest BCUT2D eigenvalue weighted by atomic mass is 19.1. The fourth-order valence-electron chi connectivity index (χ4n) is 1.95. The molecule has 0 spiro atoms. The summed E-state index contributed by atoms with van der Waals surface area (Å²) in [5.74, 6) is -1.06. The van der Waals surface area contributed by atoms with Crippen molar-refractivity contribution in [1.29, 1.82) is 0 Å². The number of benzene rings is 1. The van der Waals surface area contributed by atoms with Crippen LogP contribution in [0.4, 0.5) is 8.78 Å². The number of aromatic nitrogens is 1. The van der Waals surface area contributed by atoms with E-state index in [0.717, 1.165) is 11.3 Å². The fourth-order valence-corrected chi connectivity index (χ4v) is 1.95. The fraction of sp³-hybridized carbons (Fsp3) is 0.375. The second kappa shape index (κ2) is 15.9. The van der Waals surface area contributed by atoms with Gasteiger partial charge in [-0.05, 0) is 57.5 Å². The lowest BCUT2D eigenvalue weighted by Gasteiger charge is -2.08. The maximum atomic E-state index is 14.0. The standard InChI is InChI=1S/C16H15F2N.C3H8.C3H6.C2H6/c1-4-5-15-10(2)8-12(9-19-15)13-6-7-14(17)11(3)16(13)18;2*1-3-2;1-2/h4-9H,1-3H3;3H2,1-2H3;3H,1H2,2H3;1-2H3/b5-4-;;;. The molecule has 1 nitrogen and oxygen atoms in total. The largest absolute Gasteiger partial charge is 0.256 e. The molecule has 0 unspecified atom stereocenters. The molecule has 0 saturated carbocycles. The Bertz CT molecular complexity index is 704. The van der Waals surface area contributed by atoms with E-state index in [9.17, 15) is 8.78 Å². The van der Waals surface area contributed by atoms with Gasteiger partial charge < -0.3 is 0 Å². The molecule has 0 radical (unpaired) electrons. The maximum absolute atomic E-state index is 14.0. The summed E-state index contributed by atoms with van der Waals surface area (Å²) in [6.07, 6.45) is 8.40. The van der Waals surface area contributed by atoms with Gasteiger partial charge in [0.1, 0.15) is 11.6 Å². The average Bonchev–Trinajstić information content (AvgIpc) is 2.65. The third kappa shape index (κ3) is 9.28. The predicted octanol–water partition coefficient (Wildman–Crippen LogP) is 8.31. The van der Waals surface area contributed by atoms with E-state index in [1.54, 1.807) is 12.3 Å². The number of nitrogens with zero attached hydrogens (tertiary/aromatic N) is 1. The first-order valence-electron chi connectivity index (χ1n) is 9.49. The van der Waals surface area contributed by atoms with Crippen molar-refractivity contribution in [3.05, 3.63) is 71.6 Å². The van der Waals surface area contributed by atoms with E-state index in [1.165, 1.54) is 25.5 Å². The summed E-state index contributed by atoms with van der Waals surface area (Å²) in [5, 5.41) is 0. The molecule has 0 aliphatic carbocycles. The summed E-state index contributed by atoms with van der Waals surface area (Å²) in [6.45, 7) is 18.8. The van der Waals surface area contributed by atoms with Crippen LogP contribution in [0, 0.1) is 25.5 Å². The average molecular weight is 376 g/mol. The van der Waals surface area contributed by atoms with E-state index in [4.69, 9.17) is 0 Å². The molecule has 0 bridgehead atoms. The maximum Gasteiger partial charge on any atom is 0.136 e. The third-order valence-electron chi connectivity index (χ3n) is 3.07. The first kappa shape index (κ1) is 26.9. The van der Waals surface area contributed by atoms with Gasteiger partial charge in [0.15, 0.2) is 0 Å². The Morgan fingerprint density at radius 3 is 2.04 bits per heavy atom. The summed E-state index contributed by atoms with van der Waals surface area (Å²) >= 11 is 0. The second-order valence-electron chi connectivity index (χ2n) is 5.58. The van der Waals surface area contributed by atoms with Crippen molar-refractivity contribution in [2.24, 2.45) is 0 Å². The number of allylic oxidation sites excluding steroid dienone is 2. The first-order valence-corrected chi connectivity index (χ1v) is 9.49. The minimum absolute atomic E-state index is 0.0349. The lowest BCUT2D eigenvalue weighted by molar-refractivity contribution is 0.570. The Balaban J connectivity index is 0. The first-order chi connectivity index (χ1) is 12.9. The van der Waals surface area contributed by atoms with E-state index in [0.29, 0.717) is 11.1 Å². The normalized spacial score (nSPS) is 9.26. The Morgan fingerprint density at radius 1 is 1.07 bits per heavy atom. The Labute approximate surface area is 164 Å². The number of hydrogen-bond acceptors (Lipinski definition) is 1. The highest BCUT2D eigenvalue weighted by Gasteiger charge is 2.12. The lowest BCUT2D eigenvalue weighted by Crippen LogP contribution is -1.95. The van der Waals surface area contributed by atoms with Crippen LogP contribution in [-0.4, -0.2) is 4.98 Å². The van der Waals surface area contributed by atoms with E-state index in [-0.39, 0.29) is 5.56 Å². The molecule has 0 aliphatic rings. The zero-order chi connectivity index (χ0) is 21.4. The number of hydrogen-bond donors (Lipinski definition) is 0.